The zero-order chi connectivity index (χ0) is 15.8. The van der Waals surface area contributed by atoms with Crippen LogP contribution in [0.3, 0.4) is 0 Å². The van der Waals surface area contributed by atoms with E-state index in [1.54, 1.807) is 0 Å². The fraction of sp³-hybridized carbons (Fsp3) is 0.471. The normalized spacial score (nSPS) is 23.3. The Bertz CT molecular complexity index is 711. The van der Waals surface area contributed by atoms with Gasteiger partial charge in [0.1, 0.15) is 5.82 Å². The van der Waals surface area contributed by atoms with Crippen LogP contribution in [0, 0.1) is 11.8 Å². The minimum Gasteiger partial charge on any atom is -0.345 e. The number of amides is 1. The van der Waals surface area contributed by atoms with Gasteiger partial charge >= 0.3 is 0 Å². The number of nitrogens with one attached hydrogen (secondary N) is 1. The summed E-state index contributed by atoms with van der Waals surface area (Å²) in [4.78, 5) is 14.8. The first-order valence-electron chi connectivity index (χ1n) is 8.13. The highest BCUT2D eigenvalue weighted by Gasteiger charge is 2.37. The summed E-state index contributed by atoms with van der Waals surface area (Å²) < 4.78 is 2.01. The molecule has 0 spiro atoms. The van der Waals surface area contributed by atoms with Crippen molar-refractivity contribution in [1.82, 2.24) is 25.0 Å². The number of nitrogens with zero attached hydrogens (tertiary/aromatic N) is 4. The molecule has 1 aromatic heterocycles. The Morgan fingerprint density at radius 2 is 1.96 bits per heavy atom. The van der Waals surface area contributed by atoms with Crippen molar-refractivity contribution in [2.45, 2.75) is 19.5 Å². The van der Waals surface area contributed by atoms with Gasteiger partial charge in [-0.3, -0.25) is 4.79 Å². The minimum atomic E-state index is -0.141. The number of rotatable bonds is 3. The molecule has 2 aromatic rings. The Labute approximate surface area is 135 Å². The smallest absolute Gasteiger partial charge is 0.289 e. The van der Waals surface area contributed by atoms with Crippen LogP contribution in [0.15, 0.2) is 30.3 Å². The molecule has 1 fully saturated rings. The lowest BCUT2D eigenvalue weighted by molar-refractivity contribution is 0.0932. The molecule has 4 rings (SSSR count). The van der Waals surface area contributed by atoms with Gasteiger partial charge in [0.05, 0.1) is 0 Å². The quantitative estimate of drug-likeness (QED) is 0.916. The minimum absolute atomic E-state index is 0.141. The average molecular weight is 311 g/mol. The number of hydrogen-bond acceptors (Lipinski definition) is 4. The molecule has 2 atom stereocenters. The molecule has 0 saturated carbocycles. The Morgan fingerprint density at radius 3 is 2.78 bits per heavy atom. The molecule has 2 aliphatic heterocycles. The lowest BCUT2D eigenvalue weighted by Gasteiger charge is -2.25. The third-order valence-corrected chi connectivity index (χ3v) is 4.95. The van der Waals surface area contributed by atoms with Gasteiger partial charge in [0.2, 0.25) is 5.82 Å². The van der Waals surface area contributed by atoms with Gasteiger partial charge in [0.15, 0.2) is 0 Å². The molecule has 6 heteroatoms. The molecule has 1 aromatic carbocycles. The van der Waals surface area contributed by atoms with E-state index in [0.717, 1.165) is 37.4 Å². The van der Waals surface area contributed by atoms with Crippen LogP contribution in [0.25, 0.3) is 0 Å². The first-order chi connectivity index (χ1) is 11.2. The molecule has 23 heavy (non-hydrogen) atoms. The molecule has 6 nitrogen and oxygen atoms in total. The second-order valence-electron chi connectivity index (χ2n) is 6.66. The molecule has 120 valence electrons. The maximum absolute atomic E-state index is 12.5. The summed E-state index contributed by atoms with van der Waals surface area (Å²) in [6.07, 6.45) is 0.925. The number of hydrogen-bond donors (Lipinski definition) is 1. The fourth-order valence-corrected chi connectivity index (χ4v) is 3.78. The van der Waals surface area contributed by atoms with E-state index in [1.807, 2.05) is 34.9 Å². The zero-order valence-electron chi connectivity index (χ0n) is 13.3. The van der Waals surface area contributed by atoms with Crippen molar-refractivity contribution < 1.29 is 4.79 Å². The molecule has 1 saturated heterocycles. The molecule has 1 N–H and O–H groups in total. The molecule has 0 radical (unpaired) electrons. The summed E-state index contributed by atoms with van der Waals surface area (Å²) in [5.41, 5.74) is 1.08. The van der Waals surface area contributed by atoms with Crippen LogP contribution in [0.1, 0.15) is 22.0 Å². The molecule has 0 aliphatic carbocycles. The first kappa shape index (κ1) is 14.4. The topological polar surface area (TPSA) is 63.1 Å². The highest BCUT2D eigenvalue weighted by Crippen LogP contribution is 2.31. The molecular formula is C17H21N5O. The Balaban J connectivity index is 1.47. The van der Waals surface area contributed by atoms with Crippen molar-refractivity contribution in [3.8, 4) is 0 Å². The van der Waals surface area contributed by atoms with Crippen LogP contribution in [0.5, 0.6) is 0 Å². The van der Waals surface area contributed by atoms with Gasteiger partial charge in [0.25, 0.3) is 5.91 Å². The Morgan fingerprint density at radius 1 is 1.17 bits per heavy atom. The highest BCUT2D eigenvalue weighted by molar-refractivity contribution is 5.90. The summed E-state index contributed by atoms with van der Waals surface area (Å²) in [5.74, 6) is 2.51. The van der Waals surface area contributed by atoms with E-state index >= 15 is 0 Å². The molecule has 2 aliphatic rings. The second kappa shape index (κ2) is 5.77. The highest BCUT2D eigenvalue weighted by atomic mass is 16.2. The van der Waals surface area contributed by atoms with E-state index in [-0.39, 0.29) is 5.91 Å². The van der Waals surface area contributed by atoms with Gasteiger partial charge in [0, 0.05) is 32.6 Å². The monoisotopic (exact) mass is 311 g/mol. The number of carbonyl (C=O) groups excluding carboxylic acids is 1. The predicted molar refractivity (Wildman–Crippen MR) is 85.8 cm³/mol. The number of aromatic nitrogens is 3. The van der Waals surface area contributed by atoms with E-state index < -0.39 is 0 Å². The summed E-state index contributed by atoms with van der Waals surface area (Å²) in [6.45, 7) is 3.57. The summed E-state index contributed by atoms with van der Waals surface area (Å²) in [5, 5.41) is 11.3. The van der Waals surface area contributed by atoms with Crippen molar-refractivity contribution in [1.29, 1.82) is 0 Å². The van der Waals surface area contributed by atoms with Crippen molar-refractivity contribution in [2.24, 2.45) is 11.8 Å². The van der Waals surface area contributed by atoms with Crippen LogP contribution in [0.2, 0.25) is 0 Å². The van der Waals surface area contributed by atoms with Crippen molar-refractivity contribution in [2.75, 3.05) is 20.1 Å². The lowest BCUT2D eigenvalue weighted by Crippen LogP contribution is -2.32. The van der Waals surface area contributed by atoms with E-state index in [9.17, 15) is 4.79 Å². The number of carbonyl (C=O) groups is 1. The largest absolute Gasteiger partial charge is 0.345 e. The van der Waals surface area contributed by atoms with Crippen LogP contribution >= 0.6 is 0 Å². The molecule has 3 heterocycles. The van der Waals surface area contributed by atoms with E-state index in [1.165, 1.54) is 0 Å². The lowest BCUT2D eigenvalue weighted by atomic mass is 9.89. The fourth-order valence-electron chi connectivity index (χ4n) is 3.78. The average Bonchev–Trinajstić information content (AvgIpc) is 3.12. The van der Waals surface area contributed by atoms with Crippen LogP contribution in [0.4, 0.5) is 0 Å². The Kier molecular flexibility index (Phi) is 3.61. The Hall–Kier alpha value is -2.21. The van der Waals surface area contributed by atoms with Crippen LogP contribution < -0.4 is 5.32 Å². The van der Waals surface area contributed by atoms with Crippen molar-refractivity contribution in [3.63, 3.8) is 0 Å². The summed E-state index contributed by atoms with van der Waals surface area (Å²) in [7, 11) is 2.16. The summed E-state index contributed by atoms with van der Waals surface area (Å²) in [6, 6.07) is 9.90. The molecule has 0 unspecified atom stereocenters. The van der Waals surface area contributed by atoms with E-state index in [4.69, 9.17) is 0 Å². The third-order valence-electron chi connectivity index (χ3n) is 4.95. The molecular weight excluding hydrogens is 290 g/mol. The summed E-state index contributed by atoms with van der Waals surface area (Å²) >= 11 is 0. The van der Waals surface area contributed by atoms with Gasteiger partial charge in [-0.25, -0.2) is 0 Å². The van der Waals surface area contributed by atoms with Gasteiger partial charge < -0.3 is 14.8 Å². The van der Waals surface area contributed by atoms with Gasteiger partial charge in [-0.1, -0.05) is 30.3 Å². The van der Waals surface area contributed by atoms with E-state index in [2.05, 4.69) is 27.5 Å². The van der Waals surface area contributed by atoms with Crippen LogP contribution in [-0.4, -0.2) is 45.7 Å². The zero-order valence-corrected chi connectivity index (χ0v) is 13.3. The van der Waals surface area contributed by atoms with Crippen LogP contribution in [-0.2, 0) is 19.5 Å². The third kappa shape index (κ3) is 2.74. The number of benzene rings is 1. The van der Waals surface area contributed by atoms with E-state index in [0.29, 0.717) is 24.2 Å². The second-order valence-corrected chi connectivity index (χ2v) is 6.66. The first-order valence-corrected chi connectivity index (χ1v) is 8.13. The van der Waals surface area contributed by atoms with Gasteiger partial charge in [-0.05, 0) is 24.4 Å². The maximum Gasteiger partial charge on any atom is 0.289 e. The standard InChI is InChI=1S/C17H21N5O/c1-21-9-13-7-15-19-20-16(22(15)11-14(13)10-21)17(23)18-8-12-5-3-2-4-6-12/h2-6,13-14H,7-11H2,1H3,(H,18,23)/t13-,14+/m1/s1. The predicted octanol–water partition coefficient (Wildman–Crippen LogP) is 0.942. The SMILES string of the molecule is CN1C[C@H]2Cc3nnc(C(=O)NCc4ccccc4)n3C[C@@H]2C1. The van der Waals surface area contributed by atoms with Gasteiger partial charge in [-0.2, -0.15) is 0 Å². The van der Waals surface area contributed by atoms with Crippen molar-refractivity contribution >= 4 is 5.91 Å². The maximum atomic E-state index is 12.5. The number of fused-ring (bicyclic) bond motifs is 2. The van der Waals surface area contributed by atoms with Gasteiger partial charge in [-0.15, -0.1) is 10.2 Å². The number of likely N-dealkylation sites (tertiary alicyclic amines) is 1. The molecule has 1 amide bonds. The molecule has 0 bridgehead atoms. The van der Waals surface area contributed by atoms with Crippen molar-refractivity contribution in [3.05, 3.63) is 47.5 Å².